The van der Waals surface area contributed by atoms with Crippen molar-refractivity contribution in [1.82, 2.24) is 0 Å². The fourth-order valence-electron chi connectivity index (χ4n) is 2.68. The third kappa shape index (κ3) is 7.62. The first kappa shape index (κ1) is 21.6. The van der Waals surface area contributed by atoms with Gasteiger partial charge in [-0.05, 0) is 37.0 Å². The van der Waals surface area contributed by atoms with Gasteiger partial charge in [0, 0.05) is 0 Å². The molecule has 21 heavy (non-hydrogen) atoms. The highest BCUT2D eigenvalue weighted by molar-refractivity contribution is 9.10. The lowest BCUT2D eigenvalue weighted by molar-refractivity contribution is 0.567. The minimum atomic E-state index is 0. The van der Waals surface area contributed by atoms with Crippen LogP contribution in [0.5, 0.6) is 0 Å². The van der Waals surface area contributed by atoms with Crippen molar-refractivity contribution in [1.29, 1.82) is 0 Å². The molecule has 1 aromatic carbocycles. The summed E-state index contributed by atoms with van der Waals surface area (Å²) in [5.41, 5.74) is 4.23. The predicted octanol–water partition coefficient (Wildman–Crippen LogP) is 7.44. The normalized spacial score (nSPS) is 13.6. The van der Waals surface area contributed by atoms with Crippen LogP contribution in [-0.4, -0.2) is 0 Å². The van der Waals surface area contributed by atoms with Crippen molar-refractivity contribution in [2.45, 2.75) is 76.2 Å². The Morgan fingerprint density at radius 2 is 1.57 bits per heavy atom. The zero-order chi connectivity index (χ0) is 15.0. The lowest BCUT2D eigenvalue weighted by Gasteiger charge is -2.25. The smallest absolute Gasteiger partial charge is 0.0646 e. The second kappa shape index (κ2) is 11.2. The van der Waals surface area contributed by atoms with Gasteiger partial charge in [0.25, 0.3) is 0 Å². The van der Waals surface area contributed by atoms with Gasteiger partial charge in [-0.2, -0.15) is 0 Å². The minimum absolute atomic E-state index is 0. The Morgan fingerprint density at radius 3 is 2.19 bits per heavy atom. The molecule has 2 atom stereocenters. The van der Waals surface area contributed by atoms with Crippen LogP contribution >= 0.6 is 42.2 Å². The molecule has 0 N–H and O–H groups in total. The average Bonchev–Trinajstić information content (AvgIpc) is 2.40. The van der Waals surface area contributed by atoms with Gasteiger partial charge in [-0.15, -0.1) is 26.2 Å². The zero-order valence-corrected chi connectivity index (χ0v) is 18.2. The molecule has 2 unspecified atom stereocenters. The SMILES string of the molecule is Br.CCCCCCCCCC(P)(Br)c1cccc(C)c1C. The number of benzene rings is 1. The van der Waals surface area contributed by atoms with Gasteiger partial charge in [-0.25, -0.2) is 0 Å². The molecule has 0 fully saturated rings. The van der Waals surface area contributed by atoms with E-state index in [2.05, 4.69) is 64.1 Å². The molecule has 0 aromatic heterocycles. The number of unbranched alkanes of at least 4 members (excludes halogenated alkanes) is 6. The van der Waals surface area contributed by atoms with E-state index in [1.54, 1.807) is 0 Å². The van der Waals surface area contributed by atoms with E-state index in [9.17, 15) is 0 Å². The van der Waals surface area contributed by atoms with E-state index in [1.807, 2.05) is 0 Å². The molecule has 0 spiro atoms. The van der Waals surface area contributed by atoms with Gasteiger partial charge < -0.3 is 0 Å². The Balaban J connectivity index is 0.00000400. The Bertz CT molecular complexity index is 402. The third-order valence-corrected chi connectivity index (χ3v) is 5.62. The number of halogens is 2. The quantitative estimate of drug-likeness (QED) is 0.214. The number of hydrogen-bond donors (Lipinski definition) is 0. The Labute approximate surface area is 153 Å². The van der Waals surface area contributed by atoms with Crippen LogP contribution in [-0.2, 0) is 4.07 Å². The van der Waals surface area contributed by atoms with Gasteiger partial charge in [0.05, 0.1) is 4.07 Å². The molecule has 0 aliphatic heterocycles. The van der Waals surface area contributed by atoms with Crippen molar-refractivity contribution in [2.75, 3.05) is 0 Å². The first-order chi connectivity index (χ1) is 9.49. The molecule has 0 bridgehead atoms. The number of alkyl halides is 1. The van der Waals surface area contributed by atoms with Crippen LogP contribution in [0.15, 0.2) is 18.2 Å². The van der Waals surface area contributed by atoms with Crippen LogP contribution in [0, 0.1) is 13.8 Å². The van der Waals surface area contributed by atoms with Gasteiger partial charge >= 0.3 is 0 Å². The predicted molar refractivity (Wildman–Crippen MR) is 109 cm³/mol. The maximum absolute atomic E-state index is 3.93. The standard InChI is InChI=1S/C18H30BrP.BrH/c1-4-5-6-7-8-9-10-14-18(19,20)17-13-11-12-15(2)16(17)3;/h11-13H,4-10,14,20H2,1-3H3;1H. The van der Waals surface area contributed by atoms with Crippen molar-refractivity contribution < 1.29 is 0 Å². The molecule has 0 saturated heterocycles. The number of aryl methyl sites for hydroxylation is 1. The summed E-state index contributed by atoms with van der Waals surface area (Å²) in [6, 6.07) is 6.62. The van der Waals surface area contributed by atoms with E-state index in [4.69, 9.17) is 0 Å². The van der Waals surface area contributed by atoms with E-state index < -0.39 is 0 Å². The summed E-state index contributed by atoms with van der Waals surface area (Å²) in [5.74, 6) is 0. The highest BCUT2D eigenvalue weighted by Gasteiger charge is 2.24. The Kier molecular flexibility index (Phi) is 11.5. The molecule has 0 aliphatic carbocycles. The van der Waals surface area contributed by atoms with Crippen molar-refractivity contribution in [3.63, 3.8) is 0 Å². The van der Waals surface area contributed by atoms with E-state index in [1.165, 1.54) is 68.1 Å². The van der Waals surface area contributed by atoms with Crippen molar-refractivity contribution >= 4 is 42.2 Å². The summed E-state index contributed by atoms with van der Waals surface area (Å²) in [7, 11) is 3.02. The zero-order valence-electron chi connectivity index (χ0n) is 13.8. The summed E-state index contributed by atoms with van der Waals surface area (Å²) >= 11 is 3.93. The fourth-order valence-corrected chi connectivity index (χ4v) is 3.90. The van der Waals surface area contributed by atoms with Gasteiger partial charge in [0.1, 0.15) is 0 Å². The third-order valence-electron chi connectivity index (χ3n) is 4.20. The van der Waals surface area contributed by atoms with Crippen LogP contribution < -0.4 is 0 Å². The highest BCUT2D eigenvalue weighted by Crippen LogP contribution is 2.44. The van der Waals surface area contributed by atoms with Crippen molar-refractivity contribution in [3.8, 4) is 0 Å². The van der Waals surface area contributed by atoms with E-state index >= 15 is 0 Å². The van der Waals surface area contributed by atoms with Crippen LogP contribution in [0.4, 0.5) is 0 Å². The van der Waals surface area contributed by atoms with Crippen LogP contribution in [0.3, 0.4) is 0 Å². The first-order valence-corrected chi connectivity index (χ1v) is 9.40. The summed E-state index contributed by atoms with van der Waals surface area (Å²) in [6.45, 7) is 6.70. The molecule has 0 aliphatic rings. The van der Waals surface area contributed by atoms with Crippen molar-refractivity contribution in [3.05, 3.63) is 34.9 Å². The van der Waals surface area contributed by atoms with E-state index in [-0.39, 0.29) is 21.0 Å². The van der Waals surface area contributed by atoms with E-state index in [0.717, 1.165) is 0 Å². The van der Waals surface area contributed by atoms with Crippen molar-refractivity contribution in [2.24, 2.45) is 0 Å². The first-order valence-electron chi connectivity index (χ1n) is 8.03. The van der Waals surface area contributed by atoms with Gasteiger partial charge in [0.15, 0.2) is 0 Å². The molecule has 0 saturated carbocycles. The molecule has 3 heteroatoms. The van der Waals surface area contributed by atoms with Gasteiger partial charge in [-0.3, -0.25) is 0 Å². The Hall–Kier alpha value is 0.610. The largest absolute Gasteiger partial charge is 0.115 e. The summed E-state index contributed by atoms with van der Waals surface area (Å²) in [4.78, 5) is 0. The number of rotatable bonds is 9. The molecular weight excluding hydrogens is 407 g/mol. The minimum Gasteiger partial charge on any atom is -0.115 e. The summed E-state index contributed by atoms with van der Waals surface area (Å²) in [6.07, 6.45) is 10.8. The van der Waals surface area contributed by atoms with Crippen LogP contribution in [0.25, 0.3) is 0 Å². The molecule has 122 valence electrons. The highest BCUT2D eigenvalue weighted by atomic mass is 79.9. The topological polar surface area (TPSA) is 0 Å². The molecule has 1 aromatic rings. The summed E-state index contributed by atoms with van der Waals surface area (Å²) in [5, 5.41) is 0. The molecule has 0 radical (unpaired) electrons. The second-order valence-electron chi connectivity index (χ2n) is 5.98. The monoisotopic (exact) mass is 436 g/mol. The maximum atomic E-state index is 3.93. The number of hydrogen-bond acceptors (Lipinski definition) is 0. The molecule has 1 rings (SSSR count). The van der Waals surface area contributed by atoms with Gasteiger partial charge in [-0.1, -0.05) is 86.0 Å². The lowest BCUT2D eigenvalue weighted by Crippen LogP contribution is -2.11. The Morgan fingerprint density at radius 1 is 1.00 bits per heavy atom. The average molecular weight is 438 g/mol. The molecule has 0 heterocycles. The van der Waals surface area contributed by atoms with Gasteiger partial charge in [0.2, 0.25) is 0 Å². The van der Waals surface area contributed by atoms with E-state index in [0.29, 0.717) is 0 Å². The van der Waals surface area contributed by atoms with Crippen LogP contribution in [0.1, 0.15) is 75.0 Å². The summed E-state index contributed by atoms with van der Waals surface area (Å²) < 4.78 is 0.0481. The molecule has 0 nitrogen and oxygen atoms in total. The second-order valence-corrected chi connectivity index (χ2v) is 9.23. The molecular formula is C18H31Br2P. The lowest BCUT2D eigenvalue weighted by atomic mass is 9.97. The van der Waals surface area contributed by atoms with Crippen LogP contribution in [0.2, 0.25) is 0 Å². The fraction of sp³-hybridized carbons (Fsp3) is 0.667. The molecule has 0 amide bonds. The maximum Gasteiger partial charge on any atom is 0.0646 e.